The van der Waals surface area contributed by atoms with Crippen LogP contribution in [0.15, 0.2) is 0 Å². The van der Waals surface area contributed by atoms with Crippen molar-refractivity contribution in [2.45, 2.75) is 58.9 Å². The van der Waals surface area contributed by atoms with E-state index in [1.807, 2.05) is 0 Å². The standard InChI is InChI=1S/C13H23NO3/c1-13(2,3)12(17)14-10(11(15)16)9-7-5-4-6-8-9/h9-10H,4-8H2,1-3H3,(H,14,17)(H,15,16). The van der Waals surface area contributed by atoms with Gasteiger partial charge in [-0.3, -0.25) is 4.79 Å². The van der Waals surface area contributed by atoms with E-state index in [4.69, 9.17) is 0 Å². The Kier molecular flexibility index (Phi) is 4.54. The van der Waals surface area contributed by atoms with E-state index in [9.17, 15) is 14.7 Å². The molecule has 0 bridgehead atoms. The maximum atomic E-state index is 11.8. The maximum absolute atomic E-state index is 11.8. The molecular formula is C13H23NO3. The molecule has 1 rings (SSSR count). The highest BCUT2D eigenvalue weighted by Crippen LogP contribution is 2.27. The van der Waals surface area contributed by atoms with Crippen LogP contribution in [-0.4, -0.2) is 23.0 Å². The minimum Gasteiger partial charge on any atom is -0.480 e. The quantitative estimate of drug-likeness (QED) is 0.796. The Morgan fingerprint density at radius 1 is 1.18 bits per heavy atom. The smallest absolute Gasteiger partial charge is 0.326 e. The number of amides is 1. The number of rotatable bonds is 3. The van der Waals surface area contributed by atoms with Gasteiger partial charge in [-0.25, -0.2) is 4.79 Å². The Hall–Kier alpha value is -1.06. The average molecular weight is 241 g/mol. The molecule has 1 fully saturated rings. The van der Waals surface area contributed by atoms with Gasteiger partial charge in [0.2, 0.25) is 5.91 Å². The average Bonchev–Trinajstić information content (AvgIpc) is 2.25. The van der Waals surface area contributed by atoms with E-state index < -0.39 is 17.4 Å². The van der Waals surface area contributed by atoms with Crippen molar-refractivity contribution in [1.82, 2.24) is 5.32 Å². The van der Waals surface area contributed by atoms with Crippen LogP contribution in [0, 0.1) is 11.3 Å². The highest BCUT2D eigenvalue weighted by Gasteiger charge is 2.33. The van der Waals surface area contributed by atoms with Crippen molar-refractivity contribution in [3.8, 4) is 0 Å². The Labute approximate surface area is 103 Å². The number of carbonyl (C=O) groups is 2. The molecule has 0 aromatic carbocycles. The van der Waals surface area contributed by atoms with Crippen LogP contribution in [-0.2, 0) is 9.59 Å². The highest BCUT2D eigenvalue weighted by molar-refractivity contribution is 5.86. The van der Waals surface area contributed by atoms with Gasteiger partial charge in [0, 0.05) is 5.41 Å². The van der Waals surface area contributed by atoms with Crippen LogP contribution in [0.3, 0.4) is 0 Å². The van der Waals surface area contributed by atoms with Gasteiger partial charge in [-0.15, -0.1) is 0 Å². The molecule has 0 saturated heterocycles. The molecule has 0 spiro atoms. The summed E-state index contributed by atoms with van der Waals surface area (Å²) in [6, 6.07) is -0.720. The summed E-state index contributed by atoms with van der Waals surface area (Å²) in [5.41, 5.74) is -0.539. The van der Waals surface area contributed by atoms with Crippen molar-refractivity contribution in [2.24, 2.45) is 11.3 Å². The minimum atomic E-state index is -0.908. The van der Waals surface area contributed by atoms with Gasteiger partial charge < -0.3 is 10.4 Å². The molecular weight excluding hydrogens is 218 g/mol. The van der Waals surface area contributed by atoms with Crippen molar-refractivity contribution in [2.75, 3.05) is 0 Å². The normalized spacial score (nSPS) is 19.7. The minimum absolute atomic E-state index is 0.0903. The SMILES string of the molecule is CC(C)(C)C(=O)NC(C(=O)O)C1CCCCC1. The zero-order chi connectivity index (χ0) is 13.1. The Bertz CT molecular complexity index is 288. The van der Waals surface area contributed by atoms with E-state index in [1.54, 1.807) is 20.8 Å². The van der Waals surface area contributed by atoms with Gasteiger partial charge >= 0.3 is 5.97 Å². The molecule has 1 amide bonds. The maximum Gasteiger partial charge on any atom is 0.326 e. The zero-order valence-electron chi connectivity index (χ0n) is 11.0. The van der Waals surface area contributed by atoms with Gasteiger partial charge in [-0.05, 0) is 18.8 Å². The Balaban J connectivity index is 2.66. The van der Waals surface area contributed by atoms with E-state index in [2.05, 4.69) is 5.32 Å². The van der Waals surface area contributed by atoms with Crippen LogP contribution in [0.2, 0.25) is 0 Å². The molecule has 0 radical (unpaired) electrons. The van der Waals surface area contributed by atoms with Gasteiger partial charge in [0.1, 0.15) is 6.04 Å². The molecule has 0 heterocycles. The second-order valence-electron chi connectivity index (χ2n) is 5.94. The van der Waals surface area contributed by atoms with E-state index in [-0.39, 0.29) is 11.8 Å². The van der Waals surface area contributed by atoms with Crippen LogP contribution in [0.5, 0.6) is 0 Å². The van der Waals surface area contributed by atoms with Crippen LogP contribution in [0.4, 0.5) is 0 Å². The number of carboxylic acid groups (broad SMARTS) is 1. The van der Waals surface area contributed by atoms with E-state index in [1.165, 1.54) is 6.42 Å². The van der Waals surface area contributed by atoms with Gasteiger partial charge in [0.25, 0.3) is 0 Å². The molecule has 98 valence electrons. The highest BCUT2D eigenvalue weighted by atomic mass is 16.4. The predicted molar refractivity (Wildman–Crippen MR) is 65.6 cm³/mol. The van der Waals surface area contributed by atoms with Gasteiger partial charge in [-0.1, -0.05) is 40.0 Å². The molecule has 1 aliphatic rings. The number of carboxylic acids is 1. The molecule has 2 N–H and O–H groups in total. The van der Waals surface area contributed by atoms with Crippen molar-refractivity contribution in [3.63, 3.8) is 0 Å². The Morgan fingerprint density at radius 3 is 2.12 bits per heavy atom. The van der Waals surface area contributed by atoms with Gasteiger partial charge in [0.05, 0.1) is 0 Å². The van der Waals surface area contributed by atoms with Crippen LogP contribution >= 0.6 is 0 Å². The first kappa shape index (κ1) is 14.0. The lowest BCUT2D eigenvalue weighted by Crippen LogP contribution is -2.50. The fourth-order valence-electron chi connectivity index (χ4n) is 2.21. The molecule has 1 atom stereocenters. The largest absolute Gasteiger partial charge is 0.480 e. The molecule has 1 aliphatic carbocycles. The summed E-state index contributed by atoms with van der Waals surface area (Å²) in [6.07, 6.45) is 5.12. The summed E-state index contributed by atoms with van der Waals surface area (Å²) < 4.78 is 0. The van der Waals surface area contributed by atoms with E-state index in [0.29, 0.717) is 0 Å². The van der Waals surface area contributed by atoms with E-state index in [0.717, 1.165) is 25.7 Å². The number of hydrogen-bond donors (Lipinski definition) is 2. The summed E-state index contributed by atoms with van der Waals surface area (Å²) in [6.45, 7) is 5.38. The number of nitrogens with one attached hydrogen (secondary N) is 1. The van der Waals surface area contributed by atoms with Gasteiger partial charge in [0.15, 0.2) is 0 Å². The molecule has 17 heavy (non-hydrogen) atoms. The van der Waals surface area contributed by atoms with Crippen molar-refractivity contribution in [3.05, 3.63) is 0 Å². The number of carbonyl (C=O) groups excluding carboxylic acids is 1. The van der Waals surface area contributed by atoms with Crippen molar-refractivity contribution in [1.29, 1.82) is 0 Å². The van der Waals surface area contributed by atoms with Crippen LogP contribution < -0.4 is 5.32 Å². The third-order valence-electron chi connectivity index (χ3n) is 3.36. The zero-order valence-corrected chi connectivity index (χ0v) is 11.0. The lowest BCUT2D eigenvalue weighted by atomic mass is 9.83. The first-order chi connectivity index (χ1) is 7.82. The molecule has 0 aromatic rings. The van der Waals surface area contributed by atoms with Crippen LogP contribution in [0.1, 0.15) is 52.9 Å². The number of hydrogen-bond acceptors (Lipinski definition) is 2. The van der Waals surface area contributed by atoms with E-state index >= 15 is 0 Å². The topological polar surface area (TPSA) is 66.4 Å². The third kappa shape index (κ3) is 4.02. The summed E-state index contributed by atoms with van der Waals surface area (Å²) >= 11 is 0. The lowest BCUT2D eigenvalue weighted by Gasteiger charge is -2.30. The monoisotopic (exact) mass is 241 g/mol. The fraction of sp³-hybridized carbons (Fsp3) is 0.846. The fourth-order valence-corrected chi connectivity index (χ4v) is 2.21. The molecule has 1 saturated carbocycles. The first-order valence-corrected chi connectivity index (χ1v) is 6.36. The summed E-state index contributed by atoms with van der Waals surface area (Å²) in [5, 5.41) is 11.9. The lowest BCUT2D eigenvalue weighted by molar-refractivity contribution is -0.145. The third-order valence-corrected chi connectivity index (χ3v) is 3.36. The summed E-state index contributed by atoms with van der Waals surface area (Å²) in [5.74, 6) is -1.00. The summed E-state index contributed by atoms with van der Waals surface area (Å²) in [4.78, 5) is 23.1. The molecule has 4 heteroatoms. The predicted octanol–water partition coefficient (Wildman–Crippen LogP) is 2.18. The number of aliphatic carboxylic acids is 1. The summed E-state index contributed by atoms with van der Waals surface area (Å²) in [7, 11) is 0. The molecule has 0 aromatic heterocycles. The van der Waals surface area contributed by atoms with Crippen molar-refractivity contribution < 1.29 is 14.7 Å². The first-order valence-electron chi connectivity index (χ1n) is 6.36. The molecule has 4 nitrogen and oxygen atoms in total. The van der Waals surface area contributed by atoms with Crippen LogP contribution in [0.25, 0.3) is 0 Å². The second-order valence-corrected chi connectivity index (χ2v) is 5.94. The van der Waals surface area contributed by atoms with Crippen molar-refractivity contribution >= 4 is 11.9 Å². The second kappa shape index (κ2) is 5.52. The van der Waals surface area contributed by atoms with Gasteiger partial charge in [-0.2, -0.15) is 0 Å². The molecule has 1 unspecified atom stereocenters. The Morgan fingerprint density at radius 2 is 1.71 bits per heavy atom. The molecule has 0 aliphatic heterocycles.